The Kier molecular flexibility index (Phi) is 3.60. The quantitative estimate of drug-likeness (QED) is 0.797. The summed E-state index contributed by atoms with van der Waals surface area (Å²) in [6, 6.07) is 0. The molecular formula is C12H22N2S. The maximum atomic E-state index is 4.66. The summed E-state index contributed by atoms with van der Waals surface area (Å²) in [7, 11) is 0. The number of hydrogen-bond acceptors (Lipinski definition) is 2. The standard InChI is InChI=1S/C12H22N2S/c1-3-12(2)9-15-11(14-12)13-8-7-10-5-4-6-10/h10H,3-9H2,1-2H3,(H,13,14). The zero-order valence-corrected chi connectivity index (χ0v) is 10.7. The Balaban J connectivity index is 1.72. The van der Waals surface area contributed by atoms with Crippen LogP contribution < -0.4 is 5.32 Å². The van der Waals surface area contributed by atoms with Gasteiger partial charge in [-0.2, -0.15) is 0 Å². The predicted octanol–water partition coefficient (Wildman–Crippen LogP) is 3.04. The lowest BCUT2D eigenvalue weighted by Gasteiger charge is -2.24. The number of nitrogens with zero attached hydrogens (tertiary/aromatic N) is 1. The number of thioether (sulfide) groups is 1. The van der Waals surface area contributed by atoms with Crippen molar-refractivity contribution >= 4 is 16.9 Å². The molecule has 3 heteroatoms. The molecule has 1 aliphatic heterocycles. The lowest BCUT2D eigenvalue weighted by Crippen LogP contribution is -2.39. The zero-order valence-electron chi connectivity index (χ0n) is 9.88. The van der Waals surface area contributed by atoms with Crippen LogP contribution in [-0.2, 0) is 0 Å². The Morgan fingerprint density at radius 3 is 2.87 bits per heavy atom. The summed E-state index contributed by atoms with van der Waals surface area (Å²) in [5.74, 6) is 2.16. The van der Waals surface area contributed by atoms with Gasteiger partial charge < -0.3 is 5.32 Å². The molecule has 1 N–H and O–H groups in total. The smallest absolute Gasteiger partial charge is 0.157 e. The van der Waals surface area contributed by atoms with Gasteiger partial charge in [-0.25, -0.2) is 0 Å². The second kappa shape index (κ2) is 4.77. The number of rotatable bonds is 4. The van der Waals surface area contributed by atoms with E-state index in [0.29, 0.717) is 5.54 Å². The van der Waals surface area contributed by atoms with Crippen LogP contribution in [0.2, 0.25) is 0 Å². The van der Waals surface area contributed by atoms with Crippen LogP contribution in [0, 0.1) is 5.92 Å². The topological polar surface area (TPSA) is 24.4 Å². The van der Waals surface area contributed by atoms with Crippen LogP contribution in [0.3, 0.4) is 0 Å². The van der Waals surface area contributed by atoms with E-state index in [2.05, 4.69) is 24.2 Å². The maximum absolute atomic E-state index is 4.66. The van der Waals surface area contributed by atoms with E-state index < -0.39 is 0 Å². The van der Waals surface area contributed by atoms with Crippen molar-refractivity contribution in [1.82, 2.24) is 5.32 Å². The van der Waals surface area contributed by atoms with Crippen LogP contribution >= 0.6 is 11.8 Å². The van der Waals surface area contributed by atoms with Gasteiger partial charge in [-0.15, -0.1) is 0 Å². The monoisotopic (exact) mass is 226 g/mol. The molecule has 2 aliphatic rings. The third-order valence-corrected chi connectivity index (χ3v) is 5.02. The summed E-state index contributed by atoms with van der Waals surface area (Å²) in [5.41, 5.74) is 0.292. The summed E-state index contributed by atoms with van der Waals surface area (Å²) in [5, 5.41) is 4.72. The molecule has 1 heterocycles. The Labute approximate surface area is 97.3 Å². The number of hydrogen-bond donors (Lipinski definition) is 1. The van der Waals surface area contributed by atoms with Crippen molar-refractivity contribution < 1.29 is 0 Å². The Hall–Kier alpha value is -0.180. The molecule has 2 rings (SSSR count). The highest BCUT2D eigenvalue weighted by Crippen LogP contribution is 2.30. The van der Waals surface area contributed by atoms with Crippen molar-refractivity contribution in [3.05, 3.63) is 0 Å². The van der Waals surface area contributed by atoms with Gasteiger partial charge in [0.25, 0.3) is 0 Å². The van der Waals surface area contributed by atoms with E-state index in [1.165, 1.54) is 43.0 Å². The van der Waals surface area contributed by atoms with Gasteiger partial charge in [0, 0.05) is 17.8 Å². The molecule has 1 saturated carbocycles. The third-order valence-electron chi connectivity index (χ3n) is 3.73. The first kappa shape index (κ1) is 11.3. The van der Waals surface area contributed by atoms with Crippen LogP contribution in [0.1, 0.15) is 46.0 Å². The lowest BCUT2D eigenvalue weighted by molar-refractivity contribution is 0.300. The van der Waals surface area contributed by atoms with Crippen molar-refractivity contribution in [1.29, 1.82) is 0 Å². The van der Waals surface area contributed by atoms with Gasteiger partial charge >= 0.3 is 0 Å². The van der Waals surface area contributed by atoms with Crippen molar-refractivity contribution in [3.8, 4) is 0 Å². The summed E-state index contributed by atoms with van der Waals surface area (Å²) in [6.45, 7) is 5.55. The molecule has 2 nitrogen and oxygen atoms in total. The molecule has 0 aromatic carbocycles. The van der Waals surface area contributed by atoms with E-state index in [-0.39, 0.29) is 0 Å². The molecule has 2 fully saturated rings. The highest BCUT2D eigenvalue weighted by Gasteiger charge is 2.30. The van der Waals surface area contributed by atoms with Crippen molar-refractivity contribution in [2.45, 2.75) is 51.5 Å². The maximum Gasteiger partial charge on any atom is 0.157 e. The SMILES string of the molecule is CCC1(C)CSC(=NCCC2CCC2)N1. The van der Waals surface area contributed by atoms with Gasteiger partial charge in [0.1, 0.15) is 0 Å². The van der Waals surface area contributed by atoms with Crippen molar-refractivity contribution in [3.63, 3.8) is 0 Å². The van der Waals surface area contributed by atoms with E-state index in [0.717, 1.165) is 12.5 Å². The zero-order chi connectivity index (χ0) is 10.7. The van der Waals surface area contributed by atoms with Crippen LogP contribution in [0.4, 0.5) is 0 Å². The van der Waals surface area contributed by atoms with Crippen molar-refractivity contribution in [2.24, 2.45) is 10.9 Å². The molecule has 1 unspecified atom stereocenters. The van der Waals surface area contributed by atoms with Gasteiger partial charge in [0.2, 0.25) is 0 Å². The molecule has 15 heavy (non-hydrogen) atoms. The fraction of sp³-hybridized carbons (Fsp3) is 0.917. The first-order valence-electron chi connectivity index (χ1n) is 6.17. The highest BCUT2D eigenvalue weighted by molar-refractivity contribution is 8.14. The van der Waals surface area contributed by atoms with Crippen LogP contribution in [0.25, 0.3) is 0 Å². The molecule has 86 valence electrons. The largest absolute Gasteiger partial charge is 0.359 e. The van der Waals surface area contributed by atoms with E-state index in [9.17, 15) is 0 Å². The second-order valence-electron chi connectivity index (χ2n) is 5.10. The number of aliphatic imine (C=N–C) groups is 1. The first-order chi connectivity index (χ1) is 7.22. The average molecular weight is 226 g/mol. The van der Waals surface area contributed by atoms with Crippen LogP contribution in [0.15, 0.2) is 4.99 Å². The van der Waals surface area contributed by atoms with Crippen molar-refractivity contribution in [2.75, 3.05) is 12.3 Å². The summed E-state index contributed by atoms with van der Waals surface area (Å²) >= 11 is 1.89. The van der Waals surface area contributed by atoms with E-state index in [1.54, 1.807) is 0 Å². The summed E-state index contributed by atoms with van der Waals surface area (Å²) in [6.07, 6.45) is 6.81. The molecule has 0 amide bonds. The molecule has 0 aromatic heterocycles. The van der Waals surface area contributed by atoms with E-state index in [1.807, 2.05) is 11.8 Å². The minimum Gasteiger partial charge on any atom is -0.359 e. The van der Waals surface area contributed by atoms with Crippen LogP contribution in [0.5, 0.6) is 0 Å². The Morgan fingerprint density at radius 2 is 2.33 bits per heavy atom. The van der Waals surface area contributed by atoms with Crippen LogP contribution in [-0.4, -0.2) is 23.0 Å². The third kappa shape index (κ3) is 2.90. The predicted molar refractivity (Wildman–Crippen MR) is 68.5 cm³/mol. The molecule has 0 spiro atoms. The van der Waals surface area contributed by atoms with Gasteiger partial charge in [-0.05, 0) is 25.7 Å². The van der Waals surface area contributed by atoms with Gasteiger partial charge in [0.05, 0.1) is 0 Å². The Morgan fingerprint density at radius 1 is 1.53 bits per heavy atom. The minimum atomic E-state index is 0.292. The average Bonchev–Trinajstić information content (AvgIpc) is 2.53. The summed E-state index contributed by atoms with van der Waals surface area (Å²) in [4.78, 5) is 4.66. The number of amidine groups is 1. The molecule has 0 aromatic rings. The molecule has 0 bridgehead atoms. The highest BCUT2D eigenvalue weighted by atomic mass is 32.2. The molecule has 0 radical (unpaired) electrons. The molecule has 1 aliphatic carbocycles. The van der Waals surface area contributed by atoms with E-state index >= 15 is 0 Å². The second-order valence-corrected chi connectivity index (χ2v) is 6.06. The van der Waals surface area contributed by atoms with Gasteiger partial charge in [-0.1, -0.05) is 37.9 Å². The van der Waals surface area contributed by atoms with Gasteiger partial charge in [-0.3, -0.25) is 4.99 Å². The fourth-order valence-electron chi connectivity index (χ4n) is 1.96. The molecule has 1 saturated heterocycles. The first-order valence-corrected chi connectivity index (χ1v) is 7.16. The normalized spacial score (nSPS) is 34.1. The lowest BCUT2D eigenvalue weighted by atomic mass is 9.83. The number of nitrogens with one attached hydrogen (secondary N) is 1. The fourth-order valence-corrected chi connectivity index (χ4v) is 3.20. The van der Waals surface area contributed by atoms with Gasteiger partial charge in [0.15, 0.2) is 5.17 Å². The minimum absolute atomic E-state index is 0.292. The molecule has 1 atom stereocenters. The molecular weight excluding hydrogens is 204 g/mol. The Bertz CT molecular complexity index is 248. The van der Waals surface area contributed by atoms with E-state index in [4.69, 9.17) is 0 Å². The summed E-state index contributed by atoms with van der Waals surface area (Å²) < 4.78 is 0.